The van der Waals surface area contributed by atoms with Gasteiger partial charge in [-0.1, -0.05) is 19.4 Å². The molecule has 3 rings (SSSR count). The summed E-state index contributed by atoms with van der Waals surface area (Å²) in [5.74, 6) is 1.66. The molecule has 1 saturated carbocycles. The molecule has 23 heavy (non-hydrogen) atoms. The van der Waals surface area contributed by atoms with Gasteiger partial charge in [-0.15, -0.1) is 11.3 Å². The van der Waals surface area contributed by atoms with Crippen molar-refractivity contribution in [2.45, 2.75) is 45.6 Å². The van der Waals surface area contributed by atoms with Gasteiger partial charge >= 0.3 is 0 Å². The Morgan fingerprint density at radius 3 is 2.78 bits per heavy atom. The van der Waals surface area contributed by atoms with Crippen LogP contribution in [0.1, 0.15) is 43.9 Å². The van der Waals surface area contributed by atoms with Crippen molar-refractivity contribution in [3.63, 3.8) is 0 Å². The van der Waals surface area contributed by atoms with Gasteiger partial charge in [0.05, 0.1) is 6.54 Å². The Bertz CT molecular complexity index is 539. The number of likely N-dealkylation sites (tertiary alicyclic amines) is 1. The molecular weight excluding hydrogens is 308 g/mol. The van der Waals surface area contributed by atoms with Crippen molar-refractivity contribution in [3.8, 4) is 0 Å². The number of hydrogen-bond donors (Lipinski definition) is 1. The molecule has 2 heterocycles. The average molecular weight is 334 g/mol. The molecule has 0 spiro atoms. The van der Waals surface area contributed by atoms with E-state index < -0.39 is 0 Å². The standard InChI is InChI=1S/C18H26N2O2S/c1-2-13-12-20(18(22)14-5-6-14)8-7-15(13)10-17(21)19-11-16-4-3-9-23-16/h3-4,9,13-15H,2,5-8,10-12H2,1H3,(H,19,21)/t13-,15+/m1/s1. The second kappa shape index (κ2) is 7.47. The number of carbonyl (C=O) groups is 2. The van der Waals surface area contributed by atoms with Crippen molar-refractivity contribution in [2.24, 2.45) is 17.8 Å². The van der Waals surface area contributed by atoms with Crippen molar-refractivity contribution < 1.29 is 9.59 Å². The van der Waals surface area contributed by atoms with Crippen molar-refractivity contribution in [3.05, 3.63) is 22.4 Å². The Morgan fingerprint density at radius 2 is 2.13 bits per heavy atom. The zero-order valence-corrected chi connectivity index (χ0v) is 14.6. The molecule has 2 atom stereocenters. The molecule has 1 N–H and O–H groups in total. The smallest absolute Gasteiger partial charge is 0.225 e. The first-order chi connectivity index (χ1) is 11.2. The van der Waals surface area contributed by atoms with Crippen LogP contribution in [-0.2, 0) is 16.1 Å². The van der Waals surface area contributed by atoms with E-state index in [0.717, 1.165) is 38.8 Å². The number of carbonyl (C=O) groups excluding carboxylic acids is 2. The minimum absolute atomic E-state index is 0.142. The quantitative estimate of drug-likeness (QED) is 0.869. The second-order valence-corrected chi connectivity index (χ2v) is 7.87. The van der Waals surface area contributed by atoms with E-state index in [1.807, 2.05) is 22.4 Å². The maximum absolute atomic E-state index is 12.2. The predicted octanol–water partition coefficient (Wildman–Crippen LogP) is 3.04. The summed E-state index contributed by atoms with van der Waals surface area (Å²) in [7, 11) is 0. The van der Waals surface area contributed by atoms with Crippen molar-refractivity contribution in [1.29, 1.82) is 0 Å². The molecule has 4 nitrogen and oxygen atoms in total. The third-order valence-corrected chi connectivity index (χ3v) is 6.02. The molecule has 1 aliphatic heterocycles. The van der Waals surface area contributed by atoms with Crippen LogP contribution in [0.3, 0.4) is 0 Å². The number of rotatable bonds is 6. The maximum Gasteiger partial charge on any atom is 0.225 e. The molecule has 1 aromatic heterocycles. The molecule has 2 amide bonds. The van der Waals surface area contributed by atoms with E-state index in [4.69, 9.17) is 0 Å². The number of nitrogens with zero attached hydrogens (tertiary/aromatic N) is 1. The van der Waals surface area contributed by atoms with Gasteiger partial charge in [0.2, 0.25) is 11.8 Å². The van der Waals surface area contributed by atoms with Gasteiger partial charge in [0.25, 0.3) is 0 Å². The van der Waals surface area contributed by atoms with Gasteiger partial charge < -0.3 is 10.2 Å². The van der Waals surface area contributed by atoms with Crippen LogP contribution in [0.5, 0.6) is 0 Å². The molecular formula is C18H26N2O2S. The van der Waals surface area contributed by atoms with E-state index >= 15 is 0 Å². The van der Waals surface area contributed by atoms with Crippen LogP contribution in [-0.4, -0.2) is 29.8 Å². The Labute approximate surface area is 142 Å². The van der Waals surface area contributed by atoms with Crippen LogP contribution in [0.2, 0.25) is 0 Å². The minimum atomic E-state index is 0.142. The summed E-state index contributed by atoms with van der Waals surface area (Å²) >= 11 is 1.67. The lowest BCUT2D eigenvalue weighted by molar-refractivity contribution is -0.135. The average Bonchev–Trinajstić information content (AvgIpc) is 3.28. The third kappa shape index (κ3) is 4.34. The molecule has 0 bridgehead atoms. The lowest BCUT2D eigenvalue weighted by Gasteiger charge is -2.38. The summed E-state index contributed by atoms with van der Waals surface area (Å²) in [6, 6.07) is 4.05. The van der Waals surface area contributed by atoms with E-state index in [1.54, 1.807) is 11.3 Å². The first-order valence-corrected chi connectivity index (χ1v) is 9.63. The number of hydrogen-bond acceptors (Lipinski definition) is 3. The summed E-state index contributed by atoms with van der Waals surface area (Å²) in [6.45, 7) is 4.47. The highest BCUT2D eigenvalue weighted by molar-refractivity contribution is 7.09. The SMILES string of the molecule is CC[C@@H]1CN(C(=O)C2CC2)CC[C@H]1CC(=O)NCc1cccs1. The van der Waals surface area contributed by atoms with Gasteiger partial charge in [-0.05, 0) is 42.5 Å². The number of piperidine rings is 1. The monoisotopic (exact) mass is 334 g/mol. The highest BCUT2D eigenvalue weighted by Crippen LogP contribution is 2.35. The van der Waals surface area contributed by atoms with E-state index in [0.29, 0.717) is 36.6 Å². The lowest BCUT2D eigenvalue weighted by Crippen LogP contribution is -2.45. The molecule has 0 radical (unpaired) electrons. The maximum atomic E-state index is 12.2. The van der Waals surface area contributed by atoms with Gasteiger partial charge in [0.15, 0.2) is 0 Å². The van der Waals surface area contributed by atoms with Crippen LogP contribution >= 0.6 is 11.3 Å². The van der Waals surface area contributed by atoms with Gasteiger partial charge in [0.1, 0.15) is 0 Å². The zero-order chi connectivity index (χ0) is 16.2. The summed E-state index contributed by atoms with van der Waals surface area (Å²) in [5, 5.41) is 5.06. The number of thiophene rings is 1. The Morgan fingerprint density at radius 1 is 1.30 bits per heavy atom. The van der Waals surface area contributed by atoms with E-state index in [9.17, 15) is 9.59 Å². The zero-order valence-electron chi connectivity index (χ0n) is 13.8. The summed E-state index contributed by atoms with van der Waals surface area (Å²) < 4.78 is 0. The highest BCUT2D eigenvalue weighted by Gasteiger charge is 2.37. The molecule has 1 aliphatic carbocycles. The molecule has 2 fully saturated rings. The molecule has 126 valence electrons. The first kappa shape index (κ1) is 16.5. The van der Waals surface area contributed by atoms with Crippen LogP contribution < -0.4 is 5.32 Å². The second-order valence-electron chi connectivity index (χ2n) is 6.84. The van der Waals surface area contributed by atoms with Crippen LogP contribution in [0.15, 0.2) is 17.5 Å². The van der Waals surface area contributed by atoms with Crippen LogP contribution in [0.25, 0.3) is 0 Å². The largest absolute Gasteiger partial charge is 0.351 e. The van der Waals surface area contributed by atoms with E-state index in [-0.39, 0.29) is 5.91 Å². The van der Waals surface area contributed by atoms with Crippen LogP contribution in [0.4, 0.5) is 0 Å². The Hall–Kier alpha value is -1.36. The molecule has 5 heteroatoms. The lowest BCUT2D eigenvalue weighted by atomic mass is 9.81. The number of nitrogens with one attached hydrogen (secondary N) is 1. The fraction of sp³-hybridized carbons (Fsp3) is 0.667. The molecule has 0 aromatic carbocycles. The van der Waals surface area contributed by atoms with Gasteiger partial charge in [-0.3, -0.25) is 9.59 Å². The van der Waals surface area contributed by atoms with Crippen LogP contribution in [0, 0.1) is 17.8 Å². The van der Waals surface area contributed by atoms with Crippen molar-refractivity contribution >= 4 is 23.2 Å². The van der Waals surface area contributed by atoms with Crippen molar-refractivity contribution in [1.82, 2.24) is 10.2 Å². The normalized spacial score (nSPS) is 24.5. The van der Waals surface area contributed by atoms with Gasteiger partial charge in [-0.25, -0.2) is 0 Å². The van der Waals surface area contributed by atoms with Gasteiger partial charge in [-0.2, -0.15) is 0 Å². The van der Waals surface area contributed by atoms with Gasteiger partial charge in [0, 0.05) is 30.3 Å². The summed E-state index contributed by atoms with van der Waals surface area (Å²) in [6.07, 6.45) is 4.73. The van der Waals surface area contributed by atoms with Crippen molar-refractivity contribution in [2.75, 3.05) is 13.1 Å². The molecule has 1 saturated heterocycles. The Balaban J connectivity index is 1.47. The highest BCUT2D eigenvalue weighted by atomic mass is 32.1. The molecule has 1 aromatic rings. The van der Waals surface area contributed by atoms with E-state index in [1.165, 1.54) is 4.88 Å². The fourth-order valence-corrected chi connectivity index (χ4v) is 4.15. The molecule has 2 aliphatic rings. The summed E-state index contributed by atoms with van der Waals surface area (Å²) in [5.41, 5.74) is 0. The number of amides is 2. The minimum Gasteiger partial charge on any atom is -0.351 e. The van der Waals surface area contributed by atoms with E-state index in [2.05, 4.69) is 12.2 Å². The third-order valence-electron chi connectivity index (χ3n) is 5.14. The summed E-state index contributed by atoms with van der Waals surface area (Å²) in [4.78, 5) is 27.7. The molecule has 0 unspecified atom stereocenters. The fourth-order valence-electron chi connectivity index (χ4n) is 3.51. The topological polar surface area (TPSA) is 49.4 Å². The predicted molar refractivity (Wildman–Crippen MR) is 92.0 cm³/mol. The first-order valence-electron chi connectivity index (χ1n) is 8.75. The Kier molecular flexibility index (Phi) is 5.36.